The highest BCUT2D eigenvalue weighted by Gasteiger charge is 2.23. The van der Waals surface area contributed by atoms with Crippen molar-refractivity contribution < 1.29 is 18.4 Å². The van der Waals surface area contributed by atoms with E-state index in [1.54, 1.807) is 36.4 Å². The normalized spacial score (nSPS) is 11.1. The highest BCUT2D eigenvalue weighted by molar-refractivity contribution is 6.30. The summed E-state index contributed by atoms with van der Waals surface area (Å²) in [6.07, 6.45) is 0. The van der Waals surface area contributed by atoms with Crippen LogP contribution in [0.5, 0.6) is 0 Å². The van der Waals surface area contributed by atoms with Gasteiger partial charge in [0.15, 0.2) is 11.5 Å². The van der Waals surface area contributed by atoms with Gasteiger partial charge in [-0.15, -0.1) is 0 Å². The minimum atomic E-state index is -0.299. The Labute approximate surface area is 182 Å². The van der Waals surface area contributed by atoms with E-state index in [9.17, 15) is 9.59 Å². The fourth-order valence-corrected chi connectivity index (χ4v) is 3.61. The molecule has 6 heteroatoms. The zero-order valence-electron chi connectivity index (χ0n) is 16.2. The average Bonchev–Trinajstić information content (AvgIpc) is 3.39. The molecule has 2 heterocycles. The van der Waals surface area contributed by atoms with Crippen molar-refractivity contribution in [2.24, 2.45) is 0 Å². The number of hydrogen-bond acceptors (Lipinski definition) is 5. The topological polar surface area (TPSA) is 72.5 Å². The lowest BCUT2D eigenvalue weighted by atomic mass is 10.1. The number of Topliss-reactive ketones (excluding diaryl/α,β-unsaturated/α-hetero) is 1. The largest absolute Gasteiger partial charge is 0.453 e. The Morgan fingerprint density at radius 1 is 0.839 bits per heavy atom. The van der Waals surface area contributed by atoms with Crippen molar-refractivity contribution in [3.8, 4) is 0 Å². The molecule has 1 N–H and O–H groups in total. The molecule has 0 aliphatic rings. The molecule has 5 rings (SSSR count). The fourth-order valence-electron chi connectivity index (χ4n) is 3.49. The van der Waals surface area contributed by atoms with E-state index in [1.807, 2.05) is 42.5 Å². The number of hydrogen-bond donors (Lipinski definition) is 1. The zero-order valence-corrected chi connectivity index (χ0v) is 17.0. The van der Waals surface area contributed by atoms with Crippen LogP contribution < -0.4 is 5.32 Å². The number of furan rings is 2. The molecule has 3 aromatic carbocycles. The van der Waals surface area contributed by atoms with Crippen LogP contribution >= 0.6 is 11.6 Å². The first-order chi connectivity index (χ1) is 15.1. The molecule has 0 amide bonds. The first-order valence-corrected chi connectivity index (χ1v) is 10.1. The highest BCUT2D eigenvalue weighted by atomic mass is 35.5. The molecule has 0 radical (unpaired) electrons. The third kappa shape index (κ3) is 3.60. The fraction of sp³-hybridized carbons (Fsp3) is 0.0400. The summed E-state index contributed by atoms with van der Waals surface area (Å²) in [7, 11) is 0. The highest BCUT2D eigenvalue weighted by Crippen LogP contribution is 2.33. The minimum absolute atomic E-state index is 0.0513. The van der Waals surface area contributed by atoms with Crippen LogP contribution in [0.1, 0.15) is 26.7 Å². The van der Waals surface area contributed by atoms with Crippen molar-refractivity contribution in [1.29, 1.82) is 0 Å². The summed E-state index contributed by atoms with van der Waals surface area (Å²) >= 11 is 5.94. The standard InChI is InChI=1S/C25H16ClNO4/c26-17-11-9-15(10-12-17)24(29)25-23(18-6-2-4-8-21(18)31-25)27-14-19(28)22-13-16-5-1-3-7-20(16)30-22/h1-13,27H,14H2. The predicted molar refractivity (Wildman–Crippen MR) is 120 cm³/mol. The van der Waals surface area contributed by atoms with Crippen LogP contribution in [-0.2, 0) is 0 Å². The Morgan fingerprint density at radius 2 is 1.55 bits per heavy atom. The number of carbonyl (C=O) groups is 2. The number of para-hydroxylation sites is 2. The molecule has 0 saturated carbocycles. The van der Waals surface area contributed by atoms with Gasteiger partial charge in [-0.3, -0.25) is 9.59 Å². The summed E-state index contributed by atoms with van der Waals surface area (Å²) in [4.78, 5) is 25.8. The molecule has 2 aromatic heterocycles. The van der Waals surface area contributed by atoms with Gasteiger partial charge in [0.2, 0.25) is 11.6 Å². The molecular formula is C25H16ClNO4. The Hall–Kier alpha value is -3.83. The molecule has 0 atom stereocenters. The summed E-state index contributed by atoms with van der Waals surface area (Å²) < 4.78 is 11.5. The molecule has 5 nitrogen and oxygen atoms in total. The summed E-state index contributed by atoms with van der Waals surface area (Å²) in [5.41, 5.74) is 2.12. The maximum atomic E-state index is 13.1. The van der Waals surface area contributed by atoms with Crippen molar-refractivity contribution in [2.45, 2.75) is 0 Å². The number of nitrogens with one attached hydrogen (secondary N) is 1. The van der Waals surface area contributed by atoms with Crippen molar-refractivity contribution in [3.63, 3.8) is 0 Å². The van der Waals surface area contributed by atoms with Crippen LogP contribution in [0.4, 0.5) is 5.69 Å². The summed E-state index contributed by atoms with van der Waals surface area (Å²) in [5.74, 6) is -0.133. The second-order valence-corrected chi connectivity index (χ2v) is 7.50. The number of anilines is 1. The van der Waals surface area contributed by atoms with Crippen molar-refractivity contribution in [2.75, 3.05) is 11.9 Å². The second-order valence-electron chi connectivity index (χ2n) is 7.06. The van der Waals surface area contributed by atoms with Crippen molar-refractivity contribution >= 4 is 50.8 Å². The molecule has 152 valence electrons. The van der Waals surface area contributed by atoms with Crippen LogP contribution in [-0.4, -0.2) is 18.1 Å². The SMILES string of the molecule is O=C(CNc1c(C(=O)c2ccc(Cl)cc2)oc2ccccc12)c1cc2ccccc2o1. The van der Waals surface area contributed by atoms with Gasteiger partial charge in [0.25, 0.3) is 0 Å². The Balaban J connectivity index is 1.47. The van der Waals surface area contributed by atoms with Crippen LogP contribution in [0.25, 0.3) is 21.9 Å². The number of rotatable bonds is 6. The van der Waals surface area contributed by atoms with Gasteiger partial charge in [-0.05, 0) is 48.5 Å². The monoisotopic (exact) mass is 429 g/mol. The molecule has 0 fully saturated rings. The number of benzene rings is 3. The molecule has 0 aliphatic heterocycles. The van der Waals surface area contributed by atoms with E-state index < -0.39 is 0 Å². The summed E-state index contributed by atoms with van der Waals surface area (Å²) in [6, 6.07) is 23.0. The van der Waals surface area contributed by atoms with E-state index in [1.165, 1.54) is 0 Å². The van der Waals surface area contributed by atoms with E-state index in [4.69, 9.17) is 20.4 Å². The molecule has 0 unspecified atom stereocenters. The van der Waals surface area contributed by atoms with Gasteiger partial charge in [0.1, 0.15) is 11.2 Å². The average molecular weight is 430 g/mol. The lowest BCUT2D eigenvalue weighted by Gasteiger charge is -2.06. The van der Waals surface area contributed by atoms with Crippen LogP contribution in [0.3, 0.4) is 0 Å². The van der Waals surface area contributed by atoms with E-state index >= 15 is 0 Å². The Morgan fingerprint density at radius 3 is 2.32 bits per heavy atom. The number of carbonyl (C=O) groups excluding carboxylic acids is 2. The van der Waals surface area contributed by atoms with Crippen LogP contribution in [0.2, 0.25) is 5.02 Å². The number of fused-ring (bicyclic) bond motifs is 2. The molecule has 0 bridgehead atoms. The van der Waals surface area contributed by atoms with Crippen LogP contribution in [0, 0.1) is 0 Å². The first kappa shape index (κ1) is 19.2. The minimum Gasteiger partial charge on any atom is -0.453 e. The molecular weight excluding hydrogens is 414 g/mol. The van der Waals surface area contributed by atoms with E-state index in [-0.39, 0.29) is 29.6 Å². The third-order valence-corrected chi connectivity index (χ3v) is 5.29. The predicted octanol–water partition coefficient (Wildman–Crippen LogP) is 6.36. The first-order valence-electron chi connectivity index (χ1n) is 9.67. The lowest BCUT2D eigenvalue weighted by molar-refractivity contribution is 0.0978. The van der Waals surface area contributed by atoms with Crippen molar-refractivity contribution in [1.82, 2.24) is 0 Å². The maximum absolute atomic E-state index is 13.1. The number of ketones is 2. The van der Waals surface area contributed by atoms with Gasteiger partial charge >= 0.3 is 0 Å². The lowest BCUT2D eigenvalue weighted by Crippen LogP contribution is -2.15. The second kappa shape index (κ2) is 7.78. The van der Waals surface area contributed by atoms with E-state index in [2.05, 4.69) is 5.32 Å². The molecule has 31 heavy (non-hydrogen) atoms. The molecule has 0 saturated heterocycles. The third-order valence-electron chi connectivity index (χ3n) is 5.03. The van der Waals surface area contributed by atoms with E-state index in [0.717, 1.165) is 10.8 Å². The van der Waals surface area contributed by atoms with Crippen molar-refractivity contribution in [3.05, 3.63) is 101 Å². The Kier molecular flexibility index (Phi) is 4.81. The van der Waals surface area contributed by atoms with Gasteiger partial charge in [0.05, 0.1) is 12.2 Å². The van der Waals surface area contributed by atoms with Gasteiger partial charge < -0.3 is 14.2 Å². The van der Waals surface area contributed by atoms with Crippen LogP contribution in [0.15, 0.2) is 87.7 Å². The Bertz CT molecular complexity index is 1400. The van der Waals surface area contributed by atoms with Gasteiger partial charge in [0, 0.05) is 21.4 Å². The van der Waals surface area contributed by atoms with E-state index in [0.29, 0.717) is 27.4 Å². The quantitative estimate of drug-likeness (QED) is 0.318. The zero-order chi connectivity index (χ0) is 21.4. The van der Waals surface area contributed by atoms with Gasteiger partial charge in [-0.1, -0.05) is 41.9 Å². The summed E-state index contributed by atoms with van der Waals surface area (Å²) in [6.45, 7) is -0.0513. The molecule has 0 spiro atoms. The number of halogens is 1. The van der Waals surface area contributed by atoms with Gasteiger partial charge in [-0.25, -0.2) is 0 Å². The smallest absolute Gasteiger partial charge is 0.230 e. The molecule has 5 aromatic rings. The maximum Gasteiger partial charge on any atom is 0.230 e. The summed E-state index contributed by atoms with van der Waals surface area (Å²) in [5, 5.41) is 5.21. The van der Waals surface area contributed by atoms with Gasteiger partial charge in [-0.2, -0.15) is 0 Å². The molecule has 0 aliphatic carbocycles.